The molecule has 7 heteroatoms. The fourth-order valence-electron chi connectivity index (χ4n) is 6.16. The van der Waals surface area contributed by atoms with Crippen molar-refractivity contribution in [2.45, 2.75) is 110 Å². The van der Waals surface area contributed by atoms with Crippen LogP contribution in [0, 0.1) is 17.8 Å². The molecule has 2 saturated carbocycles. The number of rotatable bonds is 6. The number of fused-ring (bicyclic) bond motifs is 1. The van der Waals surface area contributed by atoms with Gasteiger partial charge in [0.05, 0.1) is 5.69 Å². The number of hydrogen-bond acceptors (Lipinski definition) is 6. The van der Waals surface area contributed by atoms with Crippen LogP contribution in [0.4, 0.5) is 16.6 Å². The van der Waals surface area contributed by atoms with E-state index in [9.17, 15) is 4.79 Å². The number of aryl methyl sites for hydroxylation is 1. The van der Waals surface area contributed by atoms with Crippen molar-refractivity contribution in [2.75, 3.05) is 24.3 Å². The summed E-state index contributed by atoms with van der Waals surface area (Å²) in [5, 5.41) is 6.76. The molecule has 1 aromatic rings. The molecule has 0 aliphatic heterocycles. The summed E-state index contributed by atoms with van der Waals surface area (Å²) in [6, 6.07) is 0.529. The normalized spacial score (nSPS) is 29.3. The number of aromatic nitrogens is 2. The van der Waals surface area contributed by atoms with Crippen molar-refractivity contribution in [2.24, 2.45) is 17.8 Å². The van der Waals surface area contributed by atoms with E-state index in [1.807, 2.05) is 0 Å². The first-order valence-electron chi connectivity index (χ1n) is 13.6. The van der Waals surface area contributed by atoms with Crippen LogP contribution in [0.25, 0.3) is 0 Å². The third kappa shape index (κ3) is 6.14. The van der Waals surface area contributed by atoms with E-state index in [0.717, 1.165) is 63.1 Å². The topological polar surface area (TPSA) is 79.4 Å². The van der Waals surface area contributed by atoms with Crippen LogP contribution in [0.3, 0.4) is 0 Å². The lowest BCUT2D eigenvalue weighted by molar-refractivity contribution is 0.00442. The van der Waals surface area contributed by atoms with Crippen molar-refractivity contribution in [3.05, 3.63) is 11.3 Å². The Bertz CT molecular complexity index is 835. The van der Waals surface area contributed by atoms with Crippen LogP contribution >= 0.6 is 0 Å². The number of carbonyl (C=O) groups is 1. The highest BCUT2D eigenvalue weighted by molar-refractivity contribution is 5.67. The lowest BCUT2D eigenvalue weighted by Gasteiger charge is -2.37. The molecule has 34 heavy (non-hydrogen) atoms. The molecular weight excluding hydrogens is 426 g/mol. The molecule has 4 rings (SSSR count). The predicted molar refractivity (Wildman–Crippen MR) is 137 cm³/mol. The second-order valence-electron chi connectivity index (χ2n) is 11.5. The maximum absolute atomic E-state index is 12.7. The lowest BCUT2D eigenvalue weighted by atomic mass is 9.75. The Morgan fingerprint density at radius 3 is 2.41 bits per heavy atom. The van der Waals surface area contributed by atoms with Gasteiger partial charge in [0, 0.05) is 31.7 Å². The van der Waals surface area contributed by atoms with E-state index in [4.69, 9.17) is 14.7 Å². The van der Waals surface area contributed by atoms with E-state index in [1.165, 1.54) is 30.5 Å². The van der Waals surface area contributed by atoms with Gasteiger partial charge in [0.25, 0.3) is 0 Å². The summed E-state index contributed by atoms with van der Waals surface area (Å²) in [5.41, 5.74) is 2.53. The Kier molecular flexibility index (Phi) is 8.20. The van der Waals surface area contributed by atoms with Crippen molar-refractivity contribution in [3.63, 3.8) is 0 Å². The molecule has 1 unspecified atom stereocenters. The minimum atomic E-state index is -0.227. The van der Waals surface area contributed by atoms with Gasteiger partial charge in [-0.1, -0.05) is 27.2 Å². The summed E-state index contributed by atoms with van der Waals surface area (Å²) >= 11 is 0. The Hall–Kier alpha value is -2.05. The highest BCUT2D eigenvalue weighted by Crippen LogP contribution is 2.35. The fourth-order valence-corrected chi connectivity index (χ4v) is 6.16. The molecule has 0 aromatic carbocycles. The average Bonchev–Trinajstić information content (AvgIpc) is 2.79. The standard InChI is InChI=1S/C27H45N5O2/c1-17(2)21-15-10-18(3)16-24(21)34-27(33)29-20-13-11-19(12-14-20)28-26-30-23-9-7-6-8-22(23)25(31-26)32(4)5/h17-21,24H,6-16H2,1-5H3,(H,29,33)(H,28,30,31)/t18-,19?,20?,21+,24?/m1/s1. The summed E-state index contributed by atoms with van der Waals surface area (Å²) in [5.74, 6) is 3.47. The number of carbonyl (C=O) groups excluding carboxylic acids is 1. The molecule has 0 saturated heterocycles. The summed E-state index contributed by atoms with van der Waals surface area (Å²) < 4.78 is 5.96. The maximum atomic E-state index is 12.7. The number of hydrogen-bond donors (Lipinski definition) is 2. The van der Waals surface area contributed by atoms with Gasteiger partial charge in [-0.3, -0.25) is 0 Å². The smallest absolute Gasteiger partial charge is 0.407 e. The van der Waals surface area contributed by atoms with E-state index in [-0.39, 0.29) is 18.2 Å². The summed E-state index contributed by atoms with van der Waals surface area (Å²) in [7, 11) is 4.13. The first kappa shape index (κ1) is 25.1. The third-order valence-electron chi connectivity index (χ3n) is 8.19. The Balaban J connectivity index is 1.27. The highest BCUT2D eigenvalue weighted by Gasteiger charge is 2.34. The Labute approximate surface area is 205 Å². The molecule has 7 nitrogen and oxygen atoms in total. The molecule has 1 heterocycles. The van der Waals surface area contributed by atoms with Crippen LogP contribution in [0.1, 0.15) is 89.8 Å². The van der Waals surface area contributed by atoms with Crippen molar-refractivity contribution in [1.29, 1.82) is 0 Å². The van der Waals surface area contributed by atoms with Crippen LogP contribution in [0.5, 0.6) is 0 Å². The number of ether oxygens (including phenoxy) is 1. The second-order valence-corrected chi connectivity index (χ2v) is 11.5. The summed E-state index contributed by atoms with van der Waals surface area (Å²) in [6.45, 7) is 6.76. The van der Waals surface area contributed by atoms with Gasteiger partial charge in [-0.2, -0.15) is 4.98 Å². The van der Waals surface area contributed by atoms with Crippen LogP contribution in [0.15, 0.2) is 0 Å². The molecule has 3 atom stereocenters. The van der Waals surface area contributed by atoms with E-state index < -0.39 is 0 Å². The zero-order chi connectivity index (χ0) is 24.2. The van der Waals surface area contributed by atoms with Gasteiger partial charge < -0.3 is 20.3 Å². The van der Waals surface area contributed by atoms with Gasteiger partial charge in [0.2, 0.25) is 5.95 Å². The zero-order valence-corrected chi connectivity index (χ0v) is 21.9. The molecule has 3 aliphatic carbocycles. The van der Waals surface area contributed by atoms with E-state index in [1.54, 1.807) is 0 Å². The largest absolute Gasteiger partial charge is 0.446 e. The molecule has 1 aromatic heterocycles. The lowest BCUT2D eigenvalue weighted by Crippen LogP contribution is -2.44. The van der Waals surface area contributed by atoms with Crippen LogP contribution < -0.4 is 15.5 Å². The monoisotopic (exact) mass is 471 g/mol. The van der Waals surface area contributed by atoms with Gasteiger partial charge in [0.1, 0.15) is 11.9 Å². The average molecular weight is 472 g/mol. The van der Waals surface area contributed by atoms with Crippen molar-refractivity contribution in [1.82, 2.24) is 15.3 Å². The zero-order valence-electron chi connectivity index (χ0n) is 21.9. The summed E-state index contributed by atoms with van der Waals surface area (Å²) in [4.78, 5) is 24.5. The van der Waals surface area contributed by atoms with Gasteiger partial charge >= 0.3 is 6.09 Å². The van der Waals surface area contributed by atoms with Crippen LogP contribution in [-0.2, 0) is 17.6 Å². The van der Waals surface area contributed by atoms with Crippen LogP contribution in [0.2, 0.25) is 0 Å². The minimum absolute atomic E-state index is 0.0498. The third-order valence-corrected chi connectivity index (χ3v) is 8.19. The molecule has 2 fully saturated rings. The van der Waals surface area contributed by atoms with Crippen molar-refractivity contribution in [3.8, 4) is 0 Å². The van der Waals surface area contributed by atoms with Crippen molar-refractivity contribution >= 4 is 17.9 Å². The molecule has 0 spiro atoms. The quantitative estimate of drug-likeness (QED) is 0.584. The minimum Gasteiger partial charge on any atom is -0.446 e. The molecule has 1 amide bonds. The predicted octanol–water partition coefficient (Wildman–Crippen LogP) is 5.33. The number of alkyl carbamates (subject to hydrolysis) is 1. The van der Waals surface area contributed by atoms with Gasteiger partial charge in [0.15, 0.2) is 0 Å². The molecule has 0 radical (unpaired) electrons. The van der Waals surface area contributed by atoms with E-state index >= 15 is 0 Å². The summed E-state index contributed by atoms with van der Waals surface area (Å²) in [6.07, 6.45) is 11.7. The Morgan fingerprint density at radius 2 is 1.71 bits per heavy atom. The molecule has 0 bridgehead atoms. The number of nitrogens with zero attached hydrogens (tertiary/aromatic N) is 3. The number of anilines is 2. The van der Waals surface area contributed by atoms with E-state index in [0.29, 0.717) is 23.8 Å². The van der Waals surface area contributed by atoms with Crippen LogP contribution in [-0.4, -0.2) is 48.3 Å². The van der Waals surface area contributed by atoms with Gasteiger partial charge in [-0.15, -0.1) is 0 Å². The first-order valence-corrected chi connectivity index (χ1v) is 13.6. The first-order chi connectivity index (χ1) is 16.3. The van der Waals surface area contributed by atoms with Gasteiger partial charge in [-0.05, 0) is 82.0 Å². The van der Waals surface area contributed by atoms with Crippen molar-refractivity contribution < 1.29 is 9.53 Å². The number of nitrogens with one attached hydrogen (secondary N) is 2. The van der Waals surface area contributed by atoms with Gasteiger partial charge in [-0.25, -0.2) is 9.78 Å². The molecule has 2 N–H and O–H groups in total. The fraction of sp³-hybridized carbons (Fsp3) is 0.815. The maximum Gasteiger partial charge on any atom is 0.407 e. The Morgan fingerprint density at radius 1 is 1.00 bits per heavy atom. The molecule has 3 aliphatic rings. The molecular formula is C27H45N5O2. The van der Waals surface area contributed by atoms with E-state index in [2.05, 4.69) is 50.4 Å². The SMILES string of the molecule is CC(C)[C@@H]1CC[C@@H](C)CC1OC(=O)NC1CCC(Nc2nc3c(c(N(C)C)n2)CCCC3)CC1. The molecule has 190 valence electrons. The second kappa shape index (κ2) is 11.1. The number of amides is 1. The highest BCUT2D eigenvalue weighted by atomic mass is 16.6.